The number of rotatable bonds is 7. The summed E-state index contributed by atoms with van der Waals surface area (Å²) >= 11 is 8.35. The van der Waals surface area contributed by atoms with Crippen LogP contribution in [0.15, 0.2) is 22.7 Å². The van der Waals surface area contributed by atoms with Gasteiger partial charge in [-0.3, -0.25) is 4.79 Å². The Morgan fingerprint density at radius 2 is 2.16 bits per heavy atom. The van der Waals surface area contributed by atoms with E-state index in [-0.39, 0.29) is 12.5 Å². The predicted molar refractivity (Wildman–Crippen MR) is 82.9 cm³/mol. The van der Waals surface area contributed by atoms with Gasteiger partial charge in [0.15, 0.2) is 0 Å². The number of hydrogen-bond acceptors (Lipinski definition) is 4. The minimum atomic E-state index is -0.325. The van der Waals surface area contributed by atoms with Crippen molar-refractivity contribution >= 4 is 45.3 Å². The van der Waals surface area contributed by atoms with Gasteiger partial charge in [-0.1, -0.05) is 28.1 Å². The Balaban J connectivity index is 2.96. The summed E-state index contributed by atoms with van der Waals surface area (Å²) in [7, 11) is 0. The normalized spacial score (nSPS) is 9.84. The maximum absolute atomic E-state index is 11.5. The SMILES string of the molecule is CCOC(=O)CN(C=S)c1ccc(Br)cc1OCC. The van der Waals surface area contributed by atoms with E-state index in [0.29, 0.717) is 19.0 Å². The maximum atomic E-state index is 11.5. The highest BCUT2D eigenvalue weighted by molar-refractivity contribution is 9.10. The molecule has 104 valence electrons. The highest BCUT2D eigenvalue weighted by Crippen LogP contribution is 2.31. The van der Waals surface area contributed by atoms with Gasteiger partial charge in [0.25, 0.3) is 0 Å². The maximum Gasteiger partial charge on any atom is 0.325 e. The van der Waals surface area contributed by atoms with Crippen LogP contribution >= 0.6 is 28.1 Å². The van der Waals surface area contributed by atoms with Gasteiger partial charge in [-0.05, 0) is 32.0 Å². The summed E-state index contributed by atoms with van der Waals surface area (Å²) in [6.07, 6.45) is 0. The largest absolute Gasteiger partial charge is 0.492 e. The zero-order chi connectivity index (χ0) is 14.3. The first-order valence-corrected chi connectivity index (χ1v) is 7.18. The number of hydrogen-bond donors (Lipinski definition) is 0. The van der Waals surface area contributed by atoms with Gasteiger partial charge in [0.1, 0.15) is 12.3 Å². The van der Waals surface area contributed by atoms with Gasteiger partial charge >= 0.3 is 5.97 Å². The average molecular weight is 346 g/mol. The molecule has 1 aromatic carbocycles. The number of nitrogens with zero attached hydrogens (tertiary/aromatic N) is 1. The Bertz CT molecular complexity index is 454. The van der Waals surface area contributed by atoms with Gasteiger partial charge in [-0.15, -0.1) is 0 Å². The van der Waals surface area contributed by atoms with Crippen molar-refractivity contribution in [2.24, 2.45) is 0 Å². The highest BCUT2D eigenvalue weighted by Gasteiger charge is 2.15. The number of benzene rings is 1. The van der Waals surface area contributed by atoms with Crippen molar-refractivity contribution in [1.82, 2.24) is 0 Å². The lowest BCUT2D eigenvalue weighted by Gasteiger charge is -2.21. The molecule has 0 aromatic heterocycles. The second kappa shape index (κ2) is 8.12. The Morgan fingerprint density at radius 1 is 1.42 bits per heavy atom. The van der Waals surface area contributed by atoms with Crippen molar-refractivity contribution in [2.75, 3.05) is 24.7 Å². The van der Waals surface area contributed by atoms with Crippen LogP contribution in [0.3, 0.4) is 0 Å². The van der Waals surface area contributed by atoms with Crippen molar-refractivity contribution in [3.05, 3.63) is 22.7 Å². The smallest absolute Gasteiger partial charge is 0.325 e. The lowest BCUT2D eigenvalue weighted by Crippen LogP contribution is -2.29. The van der Waals surface area contributed by atoms with Crippen LogP contribution in [-0.2, 0) is 9.53 Å². The standard InChI is InChI=1S/C13H16BrNO3S/c1-3-17-12-7-10(14)5-6-11(12)15(9-19)8-13(16)18-4-2/h5-7,9H,3-4,8H2,1-2H3. The number of ether oxygens (including phenoxy) is 2. The Kier molecular flexibility index (Phi) is 6.80. The summed E-state index contributed by atoms with van der Waals surface area (Å²) < 4.78 is 11.4. The second-order valence-corrected chi connectivity index (χ2v) is 4.71. The average Bonchev–Trinajstić information content (AvgIpc) is 2.37. The first-order chi connectivity index (χ1) is 9.12. The van der Waals surface area contributed by atoms with E-state index in [2.05, 4.69) is 15.9 Å². The molecule has 0 aliphatic carbocycles. The molecule has 0 spiro atoms. The van der Waals surface area contributed by atoms with Gasteiger partial charge in [0.2, 0.25) is 0 Å². The first kappa shape index (κ1) is 15.9. The first-order valence-electron chi connectivity index (χ1n) is 5.92. The fourth-order valence-corrected chi connectivity index (χ4v) is 2.05. The third-order valence-electron chi connectivity index (χ3n) is 2.26. The molecule has 0 N–H and O–H groups in total. The topological polar surface area (TPSA) is 38.8 Å². The summed E-state index contributed by atoms with van der Waals surface area (Å²) in [5.41, 5.74) is 2.16. The van der Waals surface area contributed by atoms with Crippen LogP contribution in [0.25, 0.3) is 0 Å². The molecule has 1 aromatic rings. The molecule has 0 atom stereocenters. The molecule has 0 bridgehead atoms. The molecular formula is C13H16BrNO3S. The van der Waals surface area contributed by atoms with E-state index in [1.807, 2.05) is 25.1 Å². The molecule has 0 fully saturated rings. The molecule has 4 nitrogen and oxygen atoms in total. The number of halogens is 1. The molecule has 0 radical (unpaired) electrons. The van der Waals surface area contributed by atoms with Crippen molar-refractivity contribution in [2.45, 2.75) is 13.8 Å². The lowest BCUT2D eigenvalue weighted by molar-refractivity contribution is -0.141. The van der Waals surface area contributed by atoms with E-state index in [9.17, 15) is 4.79 Å². The molecule has 6 heteroatoms. The van der Waals surface area contributed by atoms with E-state index < -0.39 is 0 Å². The quantitative estimate of drug-likeness (QED) is 0.560. The third-order valence-corrected chi connectivity index (χ3v) is 3.01. The van der Waals surface area contributed by atoms with E-state index in [1.165, 1.54) is 5.49 Å². The van der Waals surface area contributed by atoms with Crippen LogP contribution < -0.4 is 9.64 Å². The van der Waals surface area contributed by atoms with E-state index in [4.69, 9.17) is 21.7 Å². The van der Waals surface area contributed by atoms with Crippen LogP contribution in [-0.4, -0.2) is 31.2 Å². The minimum Gasteiger partial charge on any atom is -0.492 e. The van der Waals surface area contributed by atoms with Crippen LogP contribution in [0.5, 0.6) is 5.75 Å². The molecule has 0 aliphatic rings. The summed E-state index contributed by atoms with van der Waals surface area (Å²) in [6.45, 7) is 4.62. The lowest BCUT2D eigenvalue weighted by atomic mass is 10.2. The fraction of sp³-hybridized carbons (Fsp3) is 0.385. The summed E-state index contributed by atoms with van der Waals surface area (Å²) in [5, 5.41) is 0. The van der Waals surface area contributed by atoms with Crippen LogP contribution in [0, 0.1) is 0 Å². The zero-order valence-electron chi connectivity index (χ0n) is 10.9. The zero-order valence-corrected chi connectivity index (χ0v) is 13.3. The monoisotopic (exact) mass is 345 g/mol. The minimum absolute atomic E-state index is 0.0685. The van der Waals surface area contributed by atoms with E-state index in [1.54, 1.807) is 11.8 Å². The number of thiocarbonyl (C=S) groups is 1. The Morgan fingerprint density at radius 3 is 2.74 bits per heavy atom. The van der Waals surface area contributed by atoms with Crippen molar-refractivity contribution in [3.63, 3.8) is 0 Å². The number of anilines is 1. The molecule has 0 amide bonds. The Labute approximate surface area is 126 Å². The molecule has 0 saturated carbocycles. The summed E-state index contributed by atoms with van der Waals surface area (Å²) in [6, 6.07) is 5.56. The summed E-state index contributed by atoms with van der Waals surface area (Å²) in [5.74, 6) is 0.344. The van der Waals surface area contributed by atoms with Crippen molar-refractivity contribution < 1.29 is 14.3 Å². The summed E-state index contributed by atoms with van der Waals surface area (Å²) in [4.78, 5) is 13.2. The Hall–Kier alpha value is -1.14. The van der Waals surface area contributed by atoms with Crippen molar-refractivity contribution in [3.8, 4) is 5.75 Å². The van der Waals surface area contributed by atoms with Gasteiger partial charge in [-0.25, -0.2) is 0 Å². The highest BCUT2D eigenvalue weighted by atomic mass is 79.9. The van der Waals surface area contributed by atoms with Gasteiger partial charge < -0.3 is 14.4 Å². The van der Waals surface area contributed by atoms with E-state index in [0.717, 1.165) is 10.2 Å². The molecule has 0 aliphatic heterocycles. The number of esters is 1. The number of carbonyl (C=O) groups is 1. The fourth-order valence-electron chi connectivity index (χ4n) is 1.52. The van der Waals surface area contributed by atoms with Crippen LogP contribution in [0.1, 0.15) is 13.8 Å². The molecule has 0 unspecified atom stereocenters. The second-order valence-electron chi connectivity index (χ2n) is 3.58. The predicted octanol–water partition coefficient (Wildman–Crippen LogP) is 3.17. The van der Waals surface area contributed by atoms with E-state index >= 15 is 0 Å². The molecule has 1 rings (SSSR count). The van der Waals surface area contributed by atoms with Crippen LogP contribution in [0.4, 0.5) is 5.69 Å². The third kappa shape index (κ3) is 4.80. The molecule has 0 saturated heterocycles. The van der Waals surface area contributed by atoms with Gasteiger partial charge in [-0.2, -0.15) is 0 Å². The molecule has 19 heavy (non-hydrogen) atoms. The van der Waals surface area contributed by atoms with Crippen molar-refractivity contribution in [1.29, 1.82) is 0 Å². The molecular weight excluding hydrogens is 330 g/mol. The molecule has 0 heterocycles. The number of carbonyl (C=O) groups excluding carboxylic acids is 1. The van der Waals surface area contributed by atoms with Gasteiger partial charge in [0, 0.05) is 4.47 Å². The van der Waals surface area contributed by atoms with Crippen LogP contribution in [0.2, 0.25) is 0 Å². The van der Waals surface area contributed by atoms with Gasteiger partial charge in [0.05, 0.1) is 24.4 Å².